The molecule has 4 heteroatoms. The van der Waals surface area contributed by atoms with Crippen LogP contribution in [0.15, 0.2) is 22.6 Å². The van der Waals surface area contributed by atoms with Crippen LogP contribution < -0.4 is 0 Å². The van der Waals surface area contributed by atoms with E-state index in [1.807, 2.05) is 0 Å². The van der Waals surface area contributed by atoms with Crippen molar-refractivity contribution in [3.8, 4) is 0 Å². The molecule has 16 heavy (non-hydrogen) atoms. The third-order valence-electron chi connectivity index (χ3n) is 2.24. The van der Waals surface area contributed by atoms with Gasteiger partial charge in [-0.05, 0) is 18.6 Å². The first-order valence-corrected chi connectivity index (χ1v) is 5.09. The van der Waals surface area contributed by atoms with E-state index in [0.29, 0.717) is 30.4 Å². The first-order chi connectivity index (χ1) is 7.70. The van der Waals surface area contributed by atoms with Crippen molar-refractivity contribution in [3.63, 3.8) is 0 Å². The monoisotopic (exact) mass is 220 g/mol. The topological polar surface area (TPSA) is 43.1 Å². The Labute approximate surface area is 92.3 Å². The van der Waals surface area contributed by atoms with Gasteiger partial charge in [-0.15, -0.1) is 0 Å². The first kappa shape index (κ1) is 10.8. The second kappa shape index (κ2) is 4.43. The van der Waals surface area contributed by atoms with E-state index in [0.717, 1.165) is 0 Å². The van der Waals surface area contributed by atoms with Crippen LogP contribution in [0, 0.1) is 12.7 Å². The number of fused-ring (bicyclic) bond motifs is 1. The molecule has 0 unspecified atom stereocenters. The second-order valence-corrected chi connectivity index (χ2v) is 3.51. The van der Waals surface area contributed by atoms with Gasteiger partial charge in [0.1, 0.15) is 11.3 Å². The van der Waals surface area contributed by atoms with Gasteiger partial charge in [0.2, 0.25) is 5.78 Å². The largest absolute Gasteiger partial charge is 0.434 e. The summed E-state index contributed by atoms with van der Waals surface area (Å²) >= 11 is 0. The van der Waals surface area contributed by atoms with E-state index in [-0.39, 0.29) is 11.7 Å². The van der Waals surface area contributed by atoms with Crippen molar-refractivity contribution >= 4 is 16.9 Å². The minimum atomic E-state index is -0.402. The van der Waals surface area contributed by atoms with Crippen LogP contribution in [0.3, 0.4) is 0 Å². The van der Waals surface area contributed by atoms with Crippen LogP contribution in [-0.2, 0) is 0 Å². The molecule has 0 amide bonds. The van der Waals surface area contributed by atoms with E-state index >= 15 is 0 Å². The number of hydrogen-bond donors (Lipinski definition) is 0. The molecule has 0 spiro atoms. The molecule has 0 aliphatic carbocycles. The molecule has 2 aromatic rings. The summed E-state index contributed by atoms with van der Waals surface area (Å²) in [4.78, 5) is 15.6. The zero-order valence-electron chi connectivity index (χ0n) is 8.70. The molecule has 1 radical (unpaired) electrons. The van der Waals surface area contributed by atoms with Gasteiger partial charge < -0.3 is 4.42 Å². The molecule has 0 bridgehead atoms. The fourth-order valence-electron chi connectivity index (χ4n) is 1.41. The molecule has 2 rings (SSSR count). The zero-order valence-corrected chi connectivity index (χ0v) is 8.70. The standard InChI is InChI=1S/C12H11FNO2/c1-2-3-4-10(15)12-14-9-6-5-8(13)7-11(9)16-12/h5-7H,1-4H2. The number of oxazole rings is 1. The normalized spacial score (nSPS) is 10.9. The molecular formula is C12H11FNO2. The number of hydrogen-bond acceptors (Lipinski definition) is 3. The molecular weight excluding hydrogens is 209 g/mol. The summed E-state index contributed by atoms with van der Waals surface area (Å²) in [6.07, 6.45) is 1.76. The Morgan fingerprint density at radius 1 is 1.50 bits per heavy atom. The van der Waals surface area contributed by atoms with Gasteiger partial charge in [0, 0.05) is 12.5 Å². The summed E-state index contributed by atoms with van der Waals surface area (Å²) in [5.74, 6) is -0.519. The lowest BCUT2D eigenvalue weighted by molar-refractivity contribution is 0.0949. The minimum Gasteiger partial charge on any atom is -0.434 e. The number of nitrogens with zero attached hydrogens (tertiary/aromatic N) is 1. The Morgan fingerprint density at radius 3 is 3.06 bits per heavy atom. The van der Waals surface area contributed by atoms with Gasteiger partial charge >= 0.3 is 0 Å². The fourth-order valence-corrected chi connectivity index (χ4v) is 1.41. The molecule has 0 fully saturated rings. The lowest BCUT2D eigenvalue weighted by atomic mass is 10.2. The number of benzene rings is 1. The number of Topliss-reactive ketones (excluding diaryl/α,β-unsaturated/α-hetero) is 1. The van der Waals surface area contributed by atoms with Crippen LogP contribution >= 0.6 is 0 Å². The molecule has 0 aliphatic rings. The van der Waals surface area contributed by atoms with E-state index in [2.05, 4.69) is 11.9 Å². The number of carbonyl (C=O) groups excluding carboxylic acids is 1. The van der Waals surface area contributed by atoms with Crippen LogP contribution in [0.2, 0.25) is 0 Å². The van der Waals surface area contributed by atoms with Gasteiger partial charge in [-0.1, -0.05) is 13.3 Å². The summed E-state index contributed by atoms with van der Waals surface area (Å²) in [6.45, 7) is 3.65. The highest BCUT2D eigenvalue weighted by atomic mass is 19.1. The van der Waals surface area contributed by atoms with Crippen molar-refractivity contribution in [1.82, 2.24) is 4.98 Å². The molecule has 0 aliphatic heterocycles. The van der Waals surface area contributed by atoms with Crippen molar-refractivity contribution in [1.29, 1.82) is 0 Å². The average molecular weight is 220 g/mol. The van der Waals surface area contributed by atoms with Crippen LogP contribution in [0.1, 0.15) is 29.9 Å². The molecule has 1 heterocycles. The minimum absolute atomic E-state index is 0.0500. The quantitative estimate of drug-likeness (QED) is 0.743. The Bertz CT molecular complexity index is 519. The molecule has 0 N–H and O–H groups in total. The van der Waals surface area contributed by atoms with Gasteiger partial charge in [0.05, 0.1) is 0 Å². The molecule has 0 atom stereocenters. The molecule has 1 aromatic carbocycles. The van der Waals surface area contributed by atoms with Gasteiger partial charge in [-0.3, -0.25) is 4.79 Å². The SMILES string of the molecule is [CH2]CCCC(=O)c1nc2ccc(F)cc2o1. The van der Waals surface area contributed by atoms with Crippen LogP contribution in [0.4, 0.5) is 4.39 Å². The Kier molecular flexibility index (Phi) is 2.99. The maximum Gasteiger partial charge on any atom is 0.264 e. The van der Waals surface area contributed by atoms with Crippen molar-refractivity contribution < 1.29 is 13.6 Å². The van der Waals surface area contributed by atoms with E-state index < -0.39 is 5.82 Å². The number of unbranched alkanes of at least 4 members (excludes halogenated alkanes) is 1. The van der Waals surface area contributed by atoms with E-state index in [1.165, 1.54) is 18.2 Å². The predicted octanol–water partition coefficient (Wildman–Crippen LogP) is 3.15. The van der Waals surface area contributed by atoms with Crippen molar-refractivity contribution in [2.24, 2.45) is 0 Å². The zero-order chi connectivity index (χ0) is 11.5. The van der Waals surface area contributed by atoms with Gasteiger partial charge in [0.15, 0.2) is 5.58 Å². The van der Waals surface area contributed by atoms with Crippen LogP contribution in [-0.4, -0.2) is 10.8 Å². The predicted molar refractivity (Wildman–Crippen MR) is 57.5 cm³/mol. The highest BCUT2D eigenvalue weighted by Crippen LogP contribution is 2.18. The Balaban J connectivity index is 2.28. The fraction of sp³-hybridized carbons (Fsp3) is 0.250. The number of carbonyl (C=O) groups is 1. The van der Waals surface area contributed by atoms with Crippen LogP contribution in [0.25, 0.3) is 11.1 Å². The summed E-state index contributed by atoms with van der Waals surface area (Å²) in [5.41, 5.74) is 0.803. The Morgan fingerprint density at radius 2 is 2.31 bits per heavy atom. The van der Waals surface area contributed by atoms with E-state index in [9.17, 15) is 9.18 Å². The first-order valence-electron chi connectivity index (χ1n) is 5.09. The van der Waals surface area contributed by atoms with Gasteiger partial charge in [-0.25, -0.2) is 9.37 Å². The van der Waals surface area contributed by atoms with E-state index in [4.69, 9.17) is 4.42 Å². The van der Waals surface area contributed by atoms with Crippen molar-refractivity contribution in [2.75, 3.05) is 0 Å². The van der Waals surface area contributed by atoms with Crippen molar-refractivity contribution in [3.05, 3.63) is 36.8 Å². The molecule has 83 valence electrons. The molecule has 0 saturated heterocycles. The van der Waals surface area contributed by atoms with Gasteiger partial charge in [-0.2, -0.15) is 0 Å². The lowest BCUT2D eigenvalue weighted by Gasteiger charge is -1.92. The van der Waals surface area contributed by atoms with Crippen molar-refractivity contribution in [2.45, 2.75) is 19.3 Å². The third-order valence-corrected chi connectivity index (χ3v) is 2.24. The molecule has 3 nitrogen and oxygen atoms in total. The summed E-state index contributed by atoms with van der Waals surface area (Å²) < 4.78 is 18.1. The van der Waals surface area contributed by atoms with Gasteiger partial charge in [0.25, 0.3) is 5.89 Å². The summed E-state index contributed by atoms with van der Waals surface area (Å²) in [7, 11) is 0. The highest BCUT2D eigenvalue weighted by molar-refractivity contribution is 5.94. The number of ketones is 1. The number of aromatic nitrogens is 1. The average Bonchev–Trinajstić information content (AvgIpc) is 2.68. The van der Waals surface area contributed by atoms with E-state index in [1.54, 1.807) is 0 Å². The third kappa shape index (κ3) is 2.10. The highest BCUT2D eigenvalue weighted by Gasteiger charge is 2.13. The number of halogens is 1. The smallest absolute Gasteiger partial charge is 0.264 e. The molecule has 1 aromatic heterocycles. The Hall–Kier alpha value is -1.71. The lowest BCUT2D eigenvalue weighted by Crippen LogP contribution is -1.98. The second-order valence-electron chi connectivity index (χ2n) is 3.51. The molecule has 0 saturated carbocycles. The number of rotatable bonds is 4. The maximum absolute atomic E-state index is 12.9. The summed E-state index contributed by atoms with van der Waals surface area (Å²) in [6, 6.07) is 4.00. The van der Waals surface area contributed by atoms with Crippen LogP contribution in [0.5, 0.6) is 0 Å². The maximum atomic E-state index is 12.9. The summed E-state index contributed by atoms with van der Waals surface area (Å²) in [5, 5.41) is 0.